The normalized spacial score (nSPS) is 10.9. The lowest BCUT2D eigenvalue weighted by molar-refractivity contribution is 1.55. The molecule has 0 spiro atoms. The minimum atomic E-state index is 1.21. The molecule has 0 nitrogen and oxygen atoms in total. The van der Waals surface area contributed by atoms with Crippen molar-refractivity contribution >= 4 is 0 Å². The molecular weight excluding hydrogens is 504 g/mol. The number of hydrogen-bond acceptors (Lipinski definition) is 0. The monoisotopic (exact) mass is 534 g/mol. The molecule has 0 N–H and O–H groups in total. The lowest BCUT2D eigenvalue weighted by Crippen LogP contribution is -1.87. The molecule has 0 heteroatoms. The standard InChI is InChI=1S/C42H30/c1-4-10-31(11-5-1)34-16-18-36(19-17-34)37-22-26-39(27-23-37)42-29-40(33-14-8-3-9-15-33)28-41(30-42)38-24-20-35(21-25-38)32-12-6-2-7-13-32/h1-30H. The van der Waals surface area contributed by atoms with Crippen LogP contribution in [0.4, 0.5) is 0 Å². The second-order valence-corrected chi connectivity index (χ2v) is 10.6. The van der Waals surface area contributed by atoms with E-state index in [2.05, 4.69) is 182 Å². The molecule has 0 aliphatic heterocycles. The molecule has 7 rings (SSSR count). The van der Waals surface area contributed by atoms with Crippen LogP contribution in [0.25, 0.3) is 66.8 Å². The Morgan fingerprint density at radius 1 is 0.143 bits per heavy atom. The first-order valence-electron chi connectivity index (χ1n) is 14.4. The van der Waals surface area contributed by atoms with Crippen molar-refractivity contribution in [3.8, 4) is 66.8 Å². The molecule has 0 aliphatic rings. The van der Waals surface area contributed by atoms with Gasteiger partial charge in [0.1, 0.15) is 0 Å². The molecule has 7 aromatic carbocycles. The van der Waals surface area contributed by atoms with Crippen LogP contribution in [0.1, 0.15) is 0 Å². The first kappa shape index (κ1) is 25.5. The molecule has 0 unspecified atom stereocenters. The molecule has 0 amide bonds. The van der Waals surface area contributed by atoms with Crippen LogP contribution in [0.15, 0.2) is 182 Å². The molecule has 0 saturated heterocycles. The van der Waals surface area contributed by atoms with Gasteiger partial charge in [-0.25, -0.2) is 0 Å². The van der Waals surface area contributed by atoms with Gasteiger partial charge in [-0.2, -0.15) is 0 Å². The highest BCUT2D eigenvalue weighted by Crippen LogP contribution is 2.35. The van der Waals surface area contributed by atoms with E-state index in [0.29, 0.717) is 0 Å². The van der Waals surface area contributed by atoms with Crippen molar-refractivity contribution in [1.29, 1.82) is 0 Å². The predicted molar refractivity (Wildman–Crippen MR) is 179 cm³/mol. The van der Waals surface area contributed by atoms with Crippen molar-refractivity contribution in [2.24, 2.45) is 0 Å². The summed E-state index contributed by atoms with van der Waals surface area (Å²) in [5.41, 5.74) is 14.7. The first-order chi connectivity index (χ1) is 20.8. The maximum Gasteiger partial charge on any atom is -0.0172 e. The van der Waals surface area contributed by atoms with E-state index < -0.39 is 0 Å². The van der Waals surface area contributed by atoms with Crippen molar-refractivity contribution in [1.82, 2.24) is 0 Å². The molecular formula is C42H30. The lowest BCUT2D eigenvalue weighted by Gasteiger charge is -2.13. The van der Waals surface area contributed by atoms with E-state index in [-0.39, 0.29) is 0 Å². The van der Waals surface area contributed by atoms with Crippen molar-refractivity contribution in [2.75, 3.05) is 0 Å². The number of benzene rings is 7. The van der Waals surface area contributed by atoms with Crippen molar-refractivity contribution < 1.29 is 0 Å². The van der Waals surface area contributed by atoms with Gasteiger partial charge in [-0.3, -0.25) is 0 Å². The van der Waals surface area contributed by atoms with Crippen LogP contribution in [-0.2, 0) is 0 Å². The van der Waals surface area contributed by atoms with E-state index in [1.165, 1.54) is 66.8 Å². The largest absolute Gasteiger partial charge is 0.0622 e. The highest BCUT2D eigenvalue weighted by Gasteiger charge is 2.09. The molecule has 42 heavy (non-hydrogen) atoms. The number of rotatable bonds is 6. The highest BCUT2D eigenvalue weighted by atomic mass is 14.1. The van der Waals surface area contributed by atoms with E-state index in [4.69, 9.17) is 0 Å². The van der Waals surface area contributed by atoms with Crippen molar-refractivity contribution in [3.05, 3.63) is 182 Å². The Morgan fingerprint density at radius 3 is 0.548 bits per heavy atom. The van der Waals surface area contributed by atoms with Crippen LogP contribution in [0, 0.1) is 0 Å². The van der Waals surface area contributed by atoms with Gasteiger partial charge in [0.05, 0.1) is 0 Å². The topological polar surface area (TPSA) is 0 Å². The molecule has 0 radical (unpaired) electrons. The lowest BCUT2D eigenvalue weighted by atomic mass is 9.92. The third-order valence-electron chi connectivity index (χ3n) is 7.91. The average molecular weight is 535 g/mol. The minimum Gasteiger partial charge on any atom is -0.0622 e. The Labute approximate surface area is 248 Å². The molecule has 0 saturated carbocycles. The summed E-state index contributed by atoms with van der Waals surface area (Å²) in [4.78, 5) is 0. The molecule has 0 atom stereocenters. The third-order valence-corrected chi connectivity index (χ3v) is 7.91. The second kappa shape index (κ2) is 11.6. The molecule has 0 aromatic heterocycles. The Hall–Kier alpha value is -5.46. The van der Waals surface area contributed by atoms with Crippen LogP contribution in [0.5, 0.6) is 0 Å². The zero-order chi connectivity index (χ0) is 28.1. The fourth-order valence-corrected chi connectivity index (χ4v) is 5.58. The average Bonchev–Trinajstić information content (AvgIpc) is 3.09. The van der Waals surface area contributed by atoms with Crippen LogP contribution >= 0.6 is 0 Å². The van der Waals surface area contributed by atoms with E-state index >= 15 is 0 Å². The van der Waals surface area contributed by atoms with Crippen molar-refractivity contribution in [3.63, 3.8) is 0 Å². The predicted octanol–water partition coefficient (Wildman–Crippen LogP) is 11.7. The van der Waals surface area contributed by atoms with E-state index in [0.717, 1.165) is 0 Å². The van der Waals surface area contributed by atoms with Crippen molar-refractivity contribution in [2.45, 2.75) is 0 Å². The van der Waals surface area contributed by atoms with E-state index in [1.807, 2.05) is 0 Å². The smallest absolute Gasteiger partial charge is 0.0172 e. The Balaban J connectivity index is 1.22. The van der Waals surface area contributed by atoms with Crippen LogP contribution in [0.3, 0.4) is 0 Å². The molecule has 0 bridgehead atoms. The molecule has 0 heterocycles. The van der Waals surface area contributed by atoms with Crippen LogP contribution < -0.4 is 0 Å². The summed E-state index contributed by atoms with van der Waals surface area (Å²) in [5.74, 6) is 0. The van der Waals surface area contributed by atoms with Gasteiger partial charge in [0.2, 0.25) is 0 Å². The van der Waals surface area contributed by atoms with Gasteiger partial charge in [-0.15, -0.1) is 0 Å². The van der Waals surface area contributed by atoms with Crippen LogP contribution in [0.2, 0.25) is 0 Å². The van der Waals surface area contributed by atoms with Gasteiger partial charge in [0.25, 0.3) is 0 Å². The summed E-state index contributed by atoms with van der Waals surface area (Å²) in [6, 6.07) is 65.3. The van der Waals surface area contributed by atoms with Gasteiger partial charge in [0.15, 0.2) is 0 Å². The summed E-state index contributed by atoms with van der Waals surface area (Å²) >= 11 is 0. The molecule has 0 fully saturated rings. The number of hydrogen-bond donors (Lipinski definition) is 0. The Morgan fingerprint density at radius 2 is 0.310 bits per heavy atom. The van der Waals surface area contributed by atoms with E-state index in [9.17, 15) is 0 Å². The summed E-state index contributed by atoms with van der Waals surface area (Å²) in [5, 5.41) is 0. The van der Waals surface area contributed by atoms with Crippen LogP contribution in [-0.4, -0.2) is 0 Å². The van der Waals surface area contributed by atoms with Gasteiger partial charge in [-0.1, -0.05) is 164 Å². The third kappa shape index (κ3) is 5.44. The maximum absolute atomic E-state index is 2.31. The zero-order valence-electron chi connectivity index (χ0n) is 23.3. The Kier molecular flexibility index (Phi) is 7.02. The zero-order valence-corrected chi connectivity index (χ0v) is 23.3. The van der Waals surface area contributed by atoms with E-state index in [1.54, 1.807) is 0 Å². The molecule has 7 aromatic rings. The minimum absolute atomic E-state index is 1.21. The van der Waals surface area contributed by atoms with Gasteiger partial charge in [-0.05, 0) is 85.0 Å². The summed E-state index contributed by atoms with van der Waals surface area (Å²) in [6.07, 6.45) is 0. The SMILES string of the molecule is c1ccc(-c2ccc(-c3ccc(-c4cc(-c5ccccc5)cc(-c5ccc(-c6ccccc6)cc5)c4)cc3)cc2)cc1. The maximum atomic E-state index is 2.31. The fraction of sp³-hybridized carbons (Fsp3) is 0. The highest BCUT2D eigenvalue weighted by molar-refractivity contribution is 5.83. The second-order valence-electron chi connectivity index (χ2n) is 10.6. The Bertz CT molecular complexity index is 1900. The fourth-order valence-electron chi connectivity index (χ4n) is 5.58. The molecule has 0 aliphatic carbocycles. The first-order valence-corrected chi connectivity index (χ1v) is 14.4. The summed E-state index contributed by atoms with van der Waals surface area (Å²) < 4.78 is 0. The van der Waals surface area contributed by atoms with Gasteiger partial charge < -0.3 is 0 Å². The van der Waals surface area contributed by atoms with Gasteiger partial charge >= 0.3 is 0 Å². The summed E-state index contributed by atoms with van der Waals surface area (Å²) in [6.45, 7) is 0. The van der Waals surface area contributed by atoms with Gasteiger partial charge in [0, 0.05) is 0 Å². The molecule has 198 valence electrons. The summed E-state index contributed by atoms with van der Waals surface area (Å²) in [7, 11) is 0. The quantitative estimate of drug-likeness (QED) is 0.199.